The maximum absolute atomic E-state index is 14.0. The van der Waals surface area contributed by atoms with Gasteiger partial charge in [-0.05, 0) is 83.6 Å². The normalized spacial score (nSPS) is 12.9. The lowest BCUT2D eigenvalue weighted by Gasteiger charge is -2.37. The molecular formula is C26H41N3O6S. The van der Waals surface area contributed by atoms with Gasteiger partial charge >= 0.3 is 12.1 Å². The molecule has 0 aliphatic carbocycles. The molecule has 10 heteroatoms. The molecule has 0 aliphatic heterocycles. The van der Waals surface area contributed by atoms with E-state index < -0.39 is 47.6 Å². The van der Waals surface area contributed by atoms with Crippen LogP contribution in [0.15, 0.2) is 18.2 Å². The summed E-state index contributed by atoms with van der Waals surface area (Å²) in [6.07, 6.45) is 1.56. The summed E-state index contributed by atoms with van der Waals surface area (Å²) in [5.74, 6) is -0.920. The van der Waals surface area contributed by atoms with Gasteiger partial charge in [0.15, 0.2) is 0 Å². The van der Waals surface area contributed by atoms with Gasteiger partial charge in [-0.3, -0.25) is 14.4 Å². The van der Waals surface area contributed by atoms with Crippen molar-refractivity contribution in [3.63, 3.8) is 0 Å². The molecule has 3 amide bonds. The van der Waals surface area contributed by atoms with E-state index in [1.54, 1.807) is 38.6 Å². The Balaban J connectivity index is 3.50. The second kappa shape index (κ2) is 14.1. The molecule has 1 aromatic rings. The number of aryl methyl sites for hydroxylation is 1. The van der Waals surface area contributed by atoms with Crippen LogP contribution in [0.1, 0.15) is 63.8 Å². The lowest BCUT2D eigenvalue weighted by molar-refractivity contribution is -0.146. The van der Waals surface area contributed by atoms with Crippen LogP contribution < -0.4 is 10.6 Å². The van der Waals surface area contributed by atoms with Gasteiger partial charge in [0.1, 0.15) is 24.2 Å². The van der Waals surface area contributed by atoms with Crippen molar-refractivity contribution in [2.24, 2.45) is 0 Å². The summed E-state index contributed by atoms with van der Waals surface area (Å²) in [5.41, 5.74) is 1.72. The van der Waals surface area contributed by atoms with Gasteiger partial charge in [0, 0.05) is 6.04 Å². The molecule has 0 spiro atoms. The van der Waals surface area contributed by atoms with Crippen LogP contribution in [-0.2, 0) is 23.9 Å². The van der Waals surface area contributed by atoms with Gasteiger partial charge in [0.25, 0.3) is 0 Å². The van der Waals surface area contributed by atoms with E-state index in [-0.39, 0.29) is 6.54 Å². The van der Waals surface area contributed by atoms with E-state index in [4.69, 9.17) is 4.74 Å². The summed E-state index contributed by atoms with van der Waals surface area (Å²) in [6, 6.07) is 3.21. The van der Waals surface area contributed by atoms with Crippen LogP contribution in [0.2, 0.25) is 0 Å². The molecule has 2 atom stereocenters. The van der Waals surface area contributed by atoms with Crippen LogP contribution >= 0.6 is 11.8 Å². The number of alkyl carbamates (subject to hydrolysis) is 1. The molecule has 2 unspecified atom stereocenters. The predicted molar refractivity (Wildman–Crippen MR) is 142 cm³/mol. The highest BCUT2D eigenvalue weighted by Crippen LogP contribution is 2.29. The SMILES string of the molecule is COC(=O)CNC(=O)C(c1cccc(C)c1C)N(C(=O)C(CCSC)NC(=O)OC(C)(C)C)C(C)C. The van der Waals surface area contributed by atoms with E-state index in [9.17, 15) is 19.2 Å². The number of carbonyl (C=O) groups excluding carboxylic acids is 4. The zero-order chi connectivity index (χ0) is 27.6. The molecule has 202 valence electrons. The average molecular weight is 524 g/mol. The van der Waals surface area contributed by atoms with E-state index >= 15 is 0 Å². The highest BCUT2D eigenvalue weighted by molar-refractivity contribution is 7.98. The van der Waals surface area contributed by atoms with Crippen molar-refractivity contribution in [1.29, 1.82) is 0 Å². The summed E-state index contributed by atoms with van der Waals surface area (Å²) >= 11 is 1.54. The number of carbonyl (C=O) groups is 4. The van der Waals surface area contributed by atoms with Crippen LogP contribution in [0.4, 0.5) is 4.79 Å². The molecule has 1 rings (SSSR count). The minimum absolute atomic E-state index is 0.330. The van der Waals surface area contributed by atoms with Gasteiger partial charge in [-0.25, -0.2) is 4.79 Å². The van der Waals surface area contributed by atoms with Crippen molar-refractivity contribution in [2.45, 2.75) is 78.6 Å². The molecule has 0 saturated carbocycles. The summed E-state index contributed by atoms with van der Waals surface area (Å²) in [4.78, 5) is 53.2. The number of benzene rings is 1. The molecule has 9 nitrogen and oxygen atoms in total. The molecule has 0 aromatic heterocycles. The number of ether oxygens (including phenoxy) is 2. The summed E-state index contributed by atoms with van der Waals surface area (Å²) in [5, 5.41) is 5.30. The Morgan fingerprint density at radius 3 is 2.28 bits per heavy atom. The van der Waals surface area contributed by atoms with Crippen LogP contribution in [0.3, 0.4) is 0 Å². The van der Waals surface area contributed by atoms with E-state index in [0.717, 1.165) is 11.1 Å². The second-order valence-corrected chi connectivity index (χ2v) is 10.8. The van der Waals surface area contributed by atoms with E-state index in [0.29, 0.717) is 17.7 Å². The standard InChI is InChI=1S/C26H41N3O6S/c1-16(2)29(24(32)20(13-14-36-9)28-25(33)35-26(5,6)7)22(23(31)27-15-21(30)34-8)19-12-10-11-17(3)18(19)4/h10-12,16,20,22H,13-15H2,1-9H3,(H,27,31)(H,28,33). The van der Waals surface area contributed by atoms with Crippen molar-refractivity contribution in [3.8, 4) is 0 Å². The van der Waals surface area contributed by atoms with Gasteiger partial charge in [-0.1, -0.05) is 18.2 Å². The molecule has 36 heavy (non-hydrogen) atoms. The van der Waals surface area contributed by atoms with Crippen molar-refractivity contribution < 1.29 is 28.7 Å². The van der Waals surface area contributed by atoms with E-state index in [2.05, 4.69) is 15.4 Å². The third-order valence-electron chi connectivity index (χ3n) is 5.51. The molecule has 0 fully saturated rings. The predicted octanol–water partition coefficient (Wildman–Crippen LogP) is 3.52. The van der Waals surface area contributed by atoms with Crippen LogP contribution in [0.25, 0.3) is 0 Å². The molecule has 0 aliphatic rings. The zero-order valence-electron chi connectivity index (χ0n) is 22.9. The lowest BCUT2D eigenvalue weighted by atomic mass is 9.94. The Bertz CT molecular complexity index is 929. The third kappa shape index (κ3) is 9.37. The second-order valence-electron chi connectivity index (χ2n) is 9.81. The van der Waals surface area contributed by atoms with E-state index in [1.807, 2.05) is 46.1 Å². The summed E-state index contributed by atoms with van der Waals surface area (Å²) in [6.45, 7) is 12.3. The largest absolute Gasteiger partial charge is 0.468 e. The minimum Gasteiger partial charge on any atom is -0.468 e. The first-order valence-corrected chi connectivity index (χ1v) is 13.3. The maximum atomic E-state index is 14.0. The van der Waals surface area contributed by atoms with Crippen LogP contribution in [-0.4, -0.2) is 72.1 Å². The average Bonchev–Trinajstić information content (AvgIpc) is 2.78. The fourth-order valence-electron chi connectivity index (χ4n) is 3.62. The first-order chi connectivity index (χ1) is 16.7. The Morgan fingerprint density at radius 2 is 1.75 bits per heavy atom. The molecule has 0 saturated heterocycles. The number of rotatable bonds is 11. The van der Waals surface area contributed by atoms with Gasteiger partial charge in [-0.2, -0.15) is 11.8 Å². The van der Waals surface area contributed by atoms with Crippen LogP contribution in [0.5, 0.6) is 0 Å². The van der Waals surface area contributed by atoms with Crippen molar-refractivity contribution in [2.75, 3.05) is 25.7 Å². The number of amides is 3. The first kappa shape index (κ1) is 31.3. The van der Waals surface area contributed by atoms with Crippen molar-refractivity contribution >= 4 is 35.6 Å². The molecule has 0 heterocycles. The number of esters is 1. The van der Waals surface area contributed by atoms with Gasteiger partial charge in [0.05, 0.1) is 7.11 Å². The molecule has 0 bridgehead atoms. The summed E-state index contributed by atoms with van der Waals surface area (Å²) < 4.78 is 10.0. The van der Waals surface area contributed by atoms with Gasteiger partial charge < -0.3 is 25.0 Å². The van der Waals surface area contributed by atoms with E-state index in [1.165, 1.54) is 12.0 Å². The number of nitrogens with one attached hydrogen (secondary N) is 2. The Morgan fingerprint density at radius 1 is 1.11 bits per heavy atom. The molecule has 2 N–H and O–H groups in total. The third-order valence-corrected chi connectivity index (χ3v) is 6.16. The van der Waals surface area contributed by atoms with Crippen molar-refractivity contribution in [1.82, 2.24) is 15.5 Å². The monoisotopic (exact) mass is 523 g/mol. The number of thioether (sulfide) groups is 1. The van der Waals surface area contributed by atoms with Gasteiger partial charge in [-0.15, -0.1) is 0 Å². The minimum atomic E-state index is -1.03. The number of methoxy groups -OCH3 is 1. The maximum Gasteiger partial charge on any atom is 0.408 e. The quantitative estimate of drug-likeness (QED) is 0.427. The van der Waals surface area contributed by atoms with Crippen LogP contribution in [0, 0.1) is 13.8 Å². The Hall–Kier alpha value is -2.75. The highest BCUT2D eigenvalue weighted by atomic mass is 32.2. The number of nitrogens with zero attached hydrogens (tertiary/aromatic N) is 1. The lowest BCUT2D eigenvalue weighted by Crippen LogP contribution is -2.55. The summed E-state index contributed by atoms with van der Waals surface area (Å²) in [7, 11) is 1.24. The van der Waals surface area contributed by atoms with Gasteiger partial charge in [0.2, 0.25) is 11.8 Å². The van der Waals surface area contributed by atoms with Crippen molar-refractivity contribution in [3.05, 3.63) is 34.9 Å². The zero-order valence-corrected chi connectivity index (χ0v) is 23.7. The Kier molecular flexibility index (Phi) is 12.3. The fourth-order valence-corrected chi connectivity index (χ4v) is 4.09. The molecule has 1 aromatic carbocycles. The fraction of sp³-hybridized carbons (Fsp3) is 0.615. The topological polar surface area (TPSA) is 114 Å². The molecular weight excluding hydrogens is 482 g/mol. The smallest absolute Gasteiger partial charge is 0.408 e. The first-order valence-electron chi connectivity index (χ1n) is 11.9. The number of hydrogen-bond acceptors (Lipinski definition) is 7. The highest BCUT2D eigenvalue weighted by Gasteiger charge is 2.38. The molecule has 0 radical (unpaired) electrons. The number of hydrogen-bond donors (Lipinski definition) is 2. The Labute approximate surface area is 219 Å².